The maximum atomic E-state index is 5.26. The molecule has 0 bridgehead atoms. The molecule has 200 valence electrons. The van der Waals surface area contributed by atoms with Crippen LogP contribution < -0.4 is 5.32 Å². The quantitative estimate of drug-likeness (QED) is 0.224. The second-order valence-electron chi connectivity index (χ2n) is 10.5. The van der Waals surface area contributed by atoms with E-state index in [-0.39, 0.29) is 6.04 Å². The number of hydrogen-bond acceptors (Lipinski definition) is 2. The fourth-order valence-corrected chi connectivity index (χ4v) is 5.51. The van der Waals surface area contributed by atoms with E-state index >= 15 is 0 Å². The summed E-state index contributed by atoms with van der Waals surface area (Å²) in [5.41, 5.74) is 11.6. The minimum Gasteiger partial charge on any atom is -0.340 e. The van der Waals surface area contributed by atoms with Crippen molar-refractivity contribution in [1.29, 1.82) is 0 Å². The van der Waals surface area contributed by atoms with Crippen LogP contribution in [0.3, 0.4) is 0 Å². The third-order valence-electron chi connectivity index (χ3n) is 7.71. The molecule has 7 rings (SSSR count). The largest absolute Gasteiger partial charge is 0.340 e. The Hall–Kier alpha value is -5.47. The average molecular weight is 539 g/mol. The summed E-state index contributed by atoms with van der Waals surface area (Å²) in [6.07, 6.45) is 2.25. The van der Waals surface area contributed by atoms with Crippen molar-refractivity contribution in [3.05, 3.63) is 187 Å². The lowest BCUT2D eigenvalue weighted by atomic mass is 9.92. The van der Waals surface area contributed by atoms with E-state index in [4.69, 9.17) is 4.99 Å². The van der Waals surface area contributed by atoms with Gasteiger partial charge in [0.2, 0.25) is 0 Å². The van der Waals surface area contributed by atoms with Crippen LogP contribution in [0.25, 0.3) is 39.1 Å². The van der Waals surface area contributed by atoms with Crippen LogP contribution in [0.1, 0.15) is 22.7 Å². The third-order valence-corrected chi connectivity index (χ3v) is 7.71. The molecular weight excluding hydrogens is 508 g/mol. The molecular formula is C40H30N2. The second kappa shape index (κ2) is 11.6. The fraction of sp³-hybridized carbons (Fsp3) is 0.0250. The summed E-state index contributed by atoms with van der Waals surface area (Å²) in [6.45, 7) is 0. The molecule has 0 aromatic heterocycles. The summed E-state index contributed by atoms with van der Waals surface area (Å²) in [7, 11) is 0. The first kappa shape index (κ1) is 25.5. The Balaban J connectivity index is 1.34. The van der Waals surface area contributed by atoms with Gasteiger partial charge in [0.1, 0.15) is 5.84 Å². The van der Waals surface area contributed by atoms with Crippen LogP contribution in [0.4, 0.5) is 0 Å². The third kappa shape index (κ3) is 5.43. The van der Waals surface area contributed by atoms with E-state index in [2.05, 4.69) is 169 Å². The molecule has 0 amide bonds. The number of amidine groups is 1. The SMILES string of the molecule is C1=C(c2ccc(-c3ccccc3)cc2)NC(c2ccccc2)=NC1c1cc(-c2ccccc2)cc(-c2ccccc2)c1. The highest BCUT2D eigenvalue weighted by Gasteiger charge is 2.21. The van der Waals surface area contributed by atoms with Crippen molar-refractivity contribution in [3.8, 4) is 33.4 Å². The first-order valence-corrected chi connectivity index (χ1v) is 14.3. The molecule has 0 fully saturated rings. The van der Waals surface area contributed by atoms with Crippen LogP contribution in [-0.2, 0) is 0 Å². The molecule has 1 atom stereocenters. The Morgan fingerprint density at radius 2 is 0.786 bits per heavy atom. The zero-order chi connectivity index (χ0) is 28.1. The van der Waals surface area contributed by atoms with Crippen LogP contribution in [0.15, 0.2) is 175 Å². The maximum absolute atomic E-state index is 5.26. The zero-order valence-corrected chi connectivity index (χ0v) is 23.2. The average Bonchev–Trinajstić information content (AvgIpc) is 3.09. The van der Waals surface area contributed by atoms with Crippen LogP contribution in [-0.4, -0.2) is 5.84 Å². The molecule has 1 unspecified atom stereocenters. The highest BCUT2D eigenvalue weighted by molar-refractivity contribution is 6.05. The van der Waals surface area contributed by atoms with Gasteiger partial charge in [0.05, 0.1) is 6.04 Å². The summed E-state index contributed by atoms with van der Waals surface area (Å²) < 4.78 is 0. The van der Waals surface area contributed by atoms with Gasteiger partial charge in [0.15, 0.2) is 0 Å². The molecule has 0 spiro atoms. The van der Waals surface area contributed by atoms with Gasteiger partial charge in [-0.25, -0.2) is 0 Å². The Morgan fingerprint density at radius 1 is 0.381 bits per heavy atom. The summed E-state index contributed by atoms with van der Waals surface area (Å²) in [5, 5.41) is 3.65. The lowest BCUT2D eigenvalue weighted by molar-refractivity contribution is 0.881. The Morgan fingerprint density at radius 3 is 1.29 bits per heavy atom. The Bertz CT molecular complexity index is 1800. The molecule has 6 aromatic carbocycles. The first-order chi connectivity index (χ1) is 20.8. The molecule has 1 aliphatic rings. The second-order valence-corrected chi connectivity index (χ2v) is 10.5. The topological polar surface area (TPSA) is 24.4 Å². The minimum atomic E-state index is -0.156. The van der Waals surface area contributed by atoms with Crippen LogP contribution in [0.5, 0.6) is 0 Å². The molecule has 42 heavy (non-hydrogen) atoms. The van der Waals surface area contributed by atoms with E-state index < -0.39 is 0 Å². The van der Waals surface area contributed by atoms with Crippen LogP contribution in [0.2, 0.25) is 0 Å². The molecule has 1 N–H and O–H groups in total. The van der Waals surface area contributed by atoms with Gasteiger partial charge in [-0.2, -0.15) is 0 Å². The molecule has 2 nitrogen and oxygen atoms in total. The lowest BCUT2D eigenvalue weighted by Gasteiger charge is -2.24. The van der Waals surface area contributed by atoms with Gasteiger partial charge in [0, 0.05) is 11.3 Å². The molecule has 0 radical (unpaired) electrons. The number of nitrogens with zero attached hydrogens (tertiary/aromatic N) is 1. The summed E-state index contributed by atoms with van der Waals surface area (Å²) >= 11 is 0. The Labute approximate surface area is 247 Å². The number of aliphatic imine (C=N–C) groups is 1. The van der Waals surface area contributed by atoms with E-state index in [9.17, 15) is 0 Å². The van der Waals surface area contributed by atoms with Crippen molar-refractivity contribution in [2.24, 2.45) is 4.99 Å². The molecule has 2 heteroatoms. The number of hydrogen-bond donors (Lipinski definition) is 1. The van der Waals surface area contributed by atoms with Gasteiger partial charge in [-0.3, -0.25) is 4.99 Å². The number of rotatable bonds is 6. The molecule has 1 aliphatic heterocycles. The van der Waals surface area contributed by atoms with Gasteiger partial charge in [-0.1, -0.05) is 146 Å². The van der Waals surface area contributed by atoms with Crippen molar-refractivity contribution in [2.75, 3.05) is 0 Å². The predicted octanol–water partition coefficient (Wildman–Crippen LogP) is 9.82. The smallest absolute Gasteiger partial charge is 0.133 e. The van der Waals surface area contributed by atoms with E-state index in [1.54, 1.807) is 0 Å². The van der Waals surface area contributed by atoms with Crippen molar-refractivity contribution in [2.45, 2.75) is 6.04 Å². The monoisotopic (exact) mass is 538 g/mol. The minimum absolute atomic E-state index is 0.156. The van der Waals surface area contributed by atoms with Gasteiger partial charge < -0.3 is 5.32 Å². The van der Waals surface area contributed by atoms with Crippen LogP contribution in [0, 0.1) is 0 Å². The standard InChI is InChI=1S/C40H30N2/c1-5-13-29(14-6-1)32-21-23-33(24-22-32)38-28-39(42-40(41-38)34-19-11-4-12-20-34)37-26-35(30-15-7-2-8-16-30)25-36(27-37)31-17-9-3-10-18-31/h1-28,39H,(H,41,42). The Kier molecular flexibility index (Phi) is 7.02. The van der Waals surface area contributed by atoms with Gasteiger partial charge in [0.25, 0.3) is 0 Å². The van der Waals surface area contributed by atoms with Crippen molar-refractivity contribution in [1.82, 2.24) is 5.32 Å². The normalized spacial score (nSPS) is 14.4. The molecule has 1 heterocycles. The van der Waals surface area contributed by atoms with E-state index in [0.29, 0.717) is 0 Å². The predicted molar refractivity (Wildman–Crippen MR) is 176 cm³/mol. The molecule has 6 aromatic rings. The number of benzene rings is 6. The van der Waals surface area contributed by atoms with Gasteiger partial charge >= 0.3 is 0 Å². The zero-order valence-electron chi connectivity index (χ0n) is 23.2. The first-order valence-electron chi connectivity index (χ1n) is 14.3. The van der Waals surface area contributed by atoms with Crippen molar-refractivity contribution >= 4 is 11.5 Å². The van der Waals surface area contributed by atoms with Gasteiger partial charge in [-0.05, 0) is 68.8 Å². The van der Waals surface area contributed by atoms with Crippen LogP contribution >= 0.6 is 0 Å². The maximum Gasteiger partial charge on any atom is 0.133 e. The van der Waals surface area contributed by atoms with E-state index in [1.807, 2.05) is 6.07 Å². The van der Waals surface area contributed by atoms with E-state index in [1.165, 1.54) is 33.4 Å². The molecule has 0 saturated heterocycles. The lowest BCUT2D eigenvalue weighted by Crippen LogP contribution is -2.27. The fourth-order valence-electron chi connectivity index (χ4n) is 5.51. The van der Waals surface area contributed by atoms with Gasteiger partial charge in [-0.15, -0.1) is 0 Å². The molecule has 0 saturated carbocycles. The van der Waals surface area contributed by atoms with Crippen molar-refractivity contribution in [3.63, 3.8) is 0 Å². The summed E-state index contributed by atoms with van der Waals surface area (Å²) in [4.78, 5) is 5.26. The highest BCUT2D eigenvalue weighted by atomic mass is 15.0. The highest BCUT2D eigenvalue weighted by Crippen LogP contribution is 2.35. The van der Waals surface area contributed by atoms with E-state index in [0.717, 1.165) is 28.2 Å². The van der Waals surface area contributed by atoms with Crippen molar-refractivity contribution < 1.29 is 0 Å². The summed E-state index contributed by atoms with van der Waals surface area (Å²) in [5.74, 6) is 0.872. The summed E-state index contributed by atoms with van der Waals surface area (Å²) in [6, 6.07) is 57.6. The molecule has 0 aliphatic carbocycles. The number of nitrogens with one attached hydrogen (secondary N) is 1.